The van der Waals surface area contributed by atoms with Gasteiger partial charge in [0.25, 0.3) is 0 Å². The highest BCUT2D eigenvalue weighted by Crippen LogP contribution is 1.99. The lowest BCUT2D eigenvalue weighted by Crippen LogP contribution is -2.02. The van der Waals surface area contributed by atoms with Crippen molar-refractivity contribution in [2.24, 2.45) is 0 Å². The largest absolute Gasteiger partial charge is 0.466 e. The fourth-order valence-electron chi connectivity index (χ4n) is 0.752. The van der Waals surface area contributed by atoms with Crippen molar-refractivity contribution in [2.75, 3.05) is 6.61 Å². The van der Waals surface area contributed by atoms with E-state index in [1.54, 1.807) is 13.8 Å². The molecule has 0 aromatic carbocycles. The fourth-order valence-corrected chi connectivity index (χ4v) is 0.752. The monoisotopic (exact) mass is 204 g/mol. The van der Waals surface area contributed by atoms with Crippen LogP contribution in [0.2, 0.25) is 0 Å². The molecule has 0 saturated heterocycles. The molecule has 0 aliphatic heterocycles. The maximum atomic E-state index is 10.7. The molecule has 14 heavy (non-hydrogen) atoms. The number of aliphatic hydroxyl groups is 1. The third-order valence-corrected chi connectivity index (χ3v) is 1.29. The van der Waals surface area contributed by atoms with Crippen molar-refractivity contribution in [3.63, 3.8) is 0 Å². The molecule has 0 radical (unpaired) electrons. The molecular formula is C11H24O3. The predicted octanol–water partition coefficient (Wildman–Crippen LogP) is 2.52. The zero-order chi connectivity index (χ0) is 11.4. The highest BCUT2D eigenvalue weighted by Gasteiger charge is 1.98. The zero-order valence-corrected chi connectivity index (χ0v) is 9.88. The third-order valence-electron chi connectivity index (χ3n) is 1.29. The van der Waals surface area contributed by atoms with Crippen LogP contribution in [-0.2, 0) is 9.53 Å². The van der Waals surface area contributed by atoms with Crippen molar-refractivity contribution < 1.29 is 14.6 Å². The quantitative estimate of drug-likeness (QED) is 0.553. The van der Waals surface area contributed by atoms with Gasteiger partial charge in [-0.15, -0.1) is 0 Å². The van der Waals surface area contributed by atoms with Crippen LogP contribution in [0, 0.1) is 0 Å². The number of aliphatic hydroxyl groups excluding tert-OH is 1. The fraction of sp³-hybridized carbons (Fsp3) is 0.909. The summed E-state index contributed by atoms with van der Waals surface area (Å²) in [7, 11) is 0. The van der Waals surface area contributed by atoms with E-state index in [2.05, 4.69) is 6.92 Å². The van der Waals surface area contributed by atoms with Crippen LogP contribution in [0.5, 0.6) is 0 Å². The molecule has 0 amide bonds. The summed E-state index contributed by atoms with van der Waals surface area (Å²) < 4.78 is 4.75. The van der Waals surface area contributed by atoms with Crippen molar-refractivity contribution >= 4 is 5.97 Å². The van der Waals surface area contributed by atoms with Gasteiger partial charge in [-0.25, -0.2) is 0 Å². The average Bonchev–Trinajstić information content (AvgIpc) is 2.04. The molecule has 0 bridgehead atoms. The molecule has 0 aromatic rings. The minimum atomic E-state index is -0.167. The van der Waals surface area contributed by atoms with Gasteiger partial charge in [0.1, 0.15) is 0 Å². The van der Waals surface area contributed by atoms with Gasteiger partial charge in [0, 0.05) is 12.5 Å². The normalized spacial score (nSPS) is 9.29. The molecule has 3 nitrogen and oxygen atoms in total. The summed E-state index contributed by atoms with van der Waals surface area (Å²) >= 11 is 0. The summed E-state index contributed by atoms with van der Waals surface area (Å²) in [5.74, 6) is -0.0593. The van der Waals surface area contributed by atoms with Gasteiger partial charge < -0.3 is 9.84 Å². The first-order valence-electron chi connectivity index (χ1n) is 5.38. The lowest BCUT2D eigenvalue weighted by molar-refractivity contribution is -0.143. The first kappa shape index (κ1) is 15.9. The Balaban J connectivity index is 0. The van der Waals surface area contributed by atoms with Crippen LogP contribution < -0.4 is 0 Å². The van der Waals surface area contributed by atoms with Crippen molar-refractivity contribution in [1.82, 2.24) is 0 Å². The molecule has 0 heterocycles. The molecule has 3 heteroatoms. The molecule has 0 aromatic heterocycles. The van der Waals surface area contributed by atoms with Crippen molar-refractivity contribution in [1.29, 1.82) is 0 Å². The van der Waals surface area contributed by atoms with E-state index < -0.39 is 0 Å². The van der Waals surface area contributed by atoms with E-state index >= 15 is 0 Å². The van der Waals surface area contributed by atoms with E-state index in [0.29, 0.717) is 13.0 Å². The lowest BCUT2D eigenvalue weighted by atomic mass is 10.2. The number of carbonyl (C=O) groups excluding carboxylic acids is 1. The molecule has 0 fully saturated rings. The second-order valence-electron chi connectivity index (χ2n) is 3.36. The van der Waals surface area contributed by atoms with E-state index in [-0.39, 0.29) is 12.1 Å². The maximum absolute atomic E-state index is 10.7. The Kier molecular flexibility index (Phi) is 14.1. The summed E-state index contributed by atoms with van der Waals surface area (Å²) in [6.45, 7) is 7.90. The second-order valence-corrected chi connectivity index (χ2v) is 3.36. The topological polar surface area (TPSA) is 46.5 Å². The smallest absolute Gasteiger partial charge is 0.305 e. The molecule has 0 saturated carbocycles. The second kappa shape index (κ2) is 12.4. The van der Waals surface area contributed by atoms with Crippen LogP contribution in [-0.4, -0.2) is 23.8 Å². The van der Waals surface area contributed by atoms with Gasteiger partial charge in [0.05, 0.1) is 6.61 Å². The van der Waals surface area contributed by atoms with Gasteiger partial charge in [0.2, 0.25) is 0 Å². The lowest BCUT2D eigenvalue weighted by Gasteiger charge is -1.99. The molecule has 0 aliphatic rings. The van der Waals surface area contributed by atoms with Crippen molar-refractivity contribution in [2.45, 2.75) is 59.5 Å². The minimum absolute atomic E-state index is 0.0593. The van der Waals surface area contributed by atoms with Gasteiger partial charge >= 0.3 is 5.97 Å². The first-order chi connectivity index (χ1) is 6.54. The number of hydrogen-bond donors (Lipinski definition) is 1. The number of unbranched alkanes of at least 4 members (excludes halogenated alkanes) is 2. The van der Waals surface area contributed by atoms with Crippen LogP contribution >= 0.6 is 0 Å². The first-order valence-corrected chi connectivity index (χ1v) is 5.38. The summed E-state index contributed by atoms with van der Waals surface area (Å²) in [5.41, 5.74) is 0. The molecule has 0 aliphatic carbocycles. The standard InChI is InChI=1S/C8H16O2.C3H8O/c1-3-5-6-7-8(9)10-4-2;1-3(2)4/h3-7H2,1-2H3;3-4H,1-2H3. The van der Waals surface area contributed by atoms with Crippen molar-refractivity contribution in [3.05, 3.63) is 0 Å². The Morgan fingerprint density at radius 1 is 1.29 bits per heavy atom. The maximum Gasteiger partial charge on any atom is 0.305 e. The summed E-state index contributed by atoms with van der Waals surface area (Å²) in [5, 5.41) is 8.06. The van der Waals surface area contributed by atoms with Crippen LogP contribution in [0.1, 0.15) is 53.4 Å². The van der Waals surface area contributed by atoms with Crippen LogP contribution in [0.15, 0.2) is 0 Å². The van der Waals surface area contributed by atoms with E-state index in [4.69, 9.17) is 9.84 Å². The number of ether oxygens (including phenoxy) is 1. The molecule has 0 spiro atoms. The molecule has 86 valence electrons. The van der Waals surface area contributed by atoms with Crippen LogP contribution in [0.25, 0.3) is 0 Å². The zero-order valence-electron chi connectivity index (χ0n) is 9.88. The summed E-state index contributed by atoms with van der Waals surface area (Å²) in [6.07, 6.45) is 3.66. The number of hydrogen-bond acceptors (Lipinski definition) is 3. The van der Waals surface area contributed by atoms with Crippen LogP contribution in [0.3, 0.4) is 0 Å². The molecule has 0 atom stereocenters. The van der Waals surface area contributed by atoms with Gasteiger partial charge in [-0.1, -0.05) is 19.8 Å². The summed E-state index contributed by atoms with van der Waals surface area (Å²) in [4.78, 5) is 10.7. The number of esters is 1. The minimum Gasteiger partial charge on any atom is -0.466 e. The predicted molar refractivity (Wildman–Crippen MR) is 58.1 cm³/mol. The van der Waals surface area contributed by atoms with E-state index in [9.17, 15) is 4.79 Å². The van der Waals surface area contributed by atoms with E-state index in [0.717, 1.165) is 19.3 Å². The highest BCUT2D eigenvalue weighted by molar-refractivity contribution is 5.69. The molecular weight excluding hydrogens is 180 g/mol. The average molecular weight is 204 g/mol. The Labute approximate surface area is 87.5 Å². The Bertz CT molecular complexity index is 119. The van der Waals surface area contributed by atoms with E-state index in [1.165, 1.54) is 0 Å². The van der Waals surface area contributed by atoms with Crippen molar-refractivity contribution in [3.8, 4) is 0 Å². The molecule has 1 N–H and O–H groups in total. The SMILES string of the molecule is CC(C)O.CCCCCC(=O)OCC. The van der Waals surface area contributed by atoms with Gasteiger partial charge in [-0.05, 0) is 27.2 Å². The molecule has 0 rings (SSSR count). The number of rotatable bonds is 5. The number of carbonyl (C=O) groups is 1. The Morgan fingerprint density at radius 3 is 2.14 bits per heavy atom. The van der Waals surface area contributed by atoms with Gasteiger partial charge in [-0.2, -0.15) is 0 Å². The van der Waals surface area contributed by atoms with Gasteiger partial charge in [-0.3, -0.25) is 4.79 Å². The summed E-state index contributed by atoms with van der Waals surface area (Å²) in [6, 6.07) is 0. The van der Waals surface area contributed by atoms with E-state index in [1.807, 2.05) is 6.92 Å². The van der Waals surface area contributed by atoms with Crippen LogP contribution in [0.4, 0.5) is 0 Å². The van der Waals surface area contributed by atoms with Gasteiger partial charge in [0.15, 0.2) is 0 Å². The Hall–Kier alpha value is -0.570. The Morgan fingerprint density at radius 2 is 1.79 bits per heavy atom. The third kappa shape index (κ3) is 22.5. The molecule has 0 unspecified atom stereocenters. The highest BCUT2D eigenvalue weighted by atomic mass is 16.5.